The van der Waals surface area contributed by atoms with E-state index in [1.54, 1.807) is 0 Å². The number of hydrogen-bond acceptors (Lipinski definition) is 4. The number of hydrogen-bond donors (Lipinski definition) is 3. The standard InChI is InChI=1S/C22H28N2O4S/c25-22(26)20-16-19(29(27,28)24-18-10-6-1-2-7-11-18)12-13-21(20)23-15-14-17-8-4-3-5-9-17/h3-5,8-9,12-13,16,18,23-24H,1-2,6-7,10-11,14-15H2,(H,25,26). The highest BCUT2D eigenvalue weighted by Crippen LogP contribution is 2.23. The van der Waals surface area contributed by atoms with Crippen LogP contribution < -0.4 is 10.0 Å². The number of carboxylic acids is 1. The van der Waals surface area contributed by atoms with Crippen LogP contribution in [0.15, 0.2) is 53.4 Å². The predicted molar refractivity (Wildman–Crippen MR) is 114 cm³/mol. The van der Waals surface area contributed by atoms with E-state index in [1.165, 1.54) is 18.2 Å². The summed E-state index contributed by atoms with van der Waals surface area (Å²) < 4.78 is 28.3. The Balaban J connectivity index is 1.71. The van der Waals surface area contributed by atoms with Crippen molar-refractivity contribution in [1.29, 1.82) is 0 Å². The molecule has 1 saturated carbocycles. The van der Waals surface area contributed by atoms with Gasteiger partial charge in [-0.15, -0.1) is 0 Å². The molecule has 0 radical (unpaired) electrons. The summed E-state index contributed by atoms with van der Waals surface area (Å²) in [5.41, 5.74) is 1.52. The largest absolute Gasteiger partial charge is 0.478 e. The Labute approximate surface area is 172 Å². The molecule has 1 aliphatic rings. The van der Waals surface area contributed by atoms with E-state index in [0.717, 1.165) is 50.5 Å². The second-order valence-corrected chi connectivity index (χ2v) is 9.20. The van der Waals surface area contributed by atoms with E-state index in [-0.39, 0.29) is 16.5 Å². The SMILES string of the molecule is O=C(O)c1cc(S(=O)(=O)NC2CCCCCC2)ccc1NCCc1ccccc1. The average molecular weight is 417 g/mol. The van der Waals surface area contributed by atoms with E-state index in [0.29, 0.717) is 12.2 Å². The molecule has 0 unspecified atom stereocenters. The van der Waals surface area contributed by atoms with E-state index >= 15 is 0 Å². The summed E-state index contributed by atoms with van der Waals surface area (Å²) in [6.07, 6.45) is 6.67. The average Bonchev–Trinajstić information content (AvgIpc) is 2.97. The molecule has 2 aromatic rings. The molecule has 2 aromatic carbocycles. The predicted octanol–water partition coefficient (Wildman–Crippen LogP) is 4.04. The first-order valence-corrected chi connectivity index (χ1v) is 11.6. The van der Waals surface area contributed by atoms with Crippen LogP contribution in [0.1, 0.15) is 54.4 Å². The van der Waals surface area contributed by atoms with E-state index in [1.807, 2.05) is 30.3 Å². The Morgan fingerprint density at radius 3 is 2.34 bits per heavy atom. The van der Waals surface area contributed by atoms with Gasteiger partial charge in [-0.1, -0.05) is 56.0 Å². The van der Waals surface area contributed by atoms with Gasteiger partial charge < -0.3 is 10.4 Å². The van der Waals surface area contributed by atoms with E-state index in [4.69, 9.17) is 0 Å². The van der Waals surface area contributed by atoms with Gasteiger partial charge in [0.05, 0.1) is 10.5 Å². The van der Waals surface area contributed by atoms with Crippen LogP contribution >= 0.6 is 0 Å². The van der Waals surface area contributed by atoms with Crippen LogP contribution in [0.4, 0.5) is 5.69 Å². The lowest BCUT2D eigenvalue weighted by Gasteiger charge is -2.17. The zero-order chi connectivity index (χ0) is 20.7. The number of carboxylic acid groups (broad SMARTS) is 1. The second-order valence-electron chi connectivity index (χ2n) is 7.48. The van der Waals surface area contributed by atoms with Crippen molar-refractivity contribution in [2.24, 2.45) is 0 Å². The van der Waals surface area contributed by atoms with Crippen LogP contribution in [-0.4, -0.2) is 32.1 Å². The Kier molecular flexibility index (Phi) is 7.28. The smallest absolute Gasteiger partial charge is 0.337 e. The lowest BCUT2D eigenvalue weighted by Crippen LogP contribution is -2.34. The van der Waals surface area contributed by atoms with Crippen molar-refractivity contribution in [3.8, 4) is 0 Å². The van der Waals surface area contributed by atoms with Crippen molar-refractivity contribution in [3.05, 3.63) is 59.7 Å². The summed E-state index contributed by atoms with van der Waals surface area (Å²) in [7, 11) is -3.75. The zero-order valence-electron chi connectivity index (χ0n) is 16.4. The minimum Gasteiger partial charge on any atom is -0.478 e. The number of benzene rings is 2. The minimum absolute atomic E-state index is 0.00671. The third kappa shape index (κ3) is 6.05. The number of nitrogens with one attached hydrogen (secondary N) is 2. The molecular weight excluding hydrogens is 388 g/mol. The summed E-state index contributed by atoms with van der Waals surface area (Å²) in [5, 5.41) is 12.7. The van der Waals surface area contributed by atoms with Gasteiger partial charge in [-0.05, 0) is 43.0 Å². The molecule has 1 aliphatic carbocycles. The van der Waals surface area contributed by atoms with Crippen molar-refractivity contribution in [2.45, 2.75) is 55.9 Å². The first kappa shape index (κ1) is 21.3. The fourth-order valence-electron chi connectivity index (χ4n) is 3.69. The number of sulfonamides is 1. The first-order chi connectivity index (χ1) is 14.0. The maximum atomic E-state index is 12.8. The van der Waals surface area contributed by atoms with Crippen molar-refractivity contribution in [2.75, 3.05) is 11.9 Å². The summed E-state index contributed by atoms with van der Waals surface area (Å²) in [5.74, 6) is -1.15. The van der Waals surface area contributed by atoms with Crippen LogP contribution in [-0.2, 0) is 16.4 Å². The van der Waals surface area contributed by atoms with Gasteiger partial charge in [-0.25, -0.2) is 17.9 Å². The highest BCUT2D eigenvalue weighted by Gasteiger charge is 2.23. The van der Waals surface area contributed by atoms with Crippen LogP contribution in [0.2, 0.25) is 0 Å². The number of anilines is 1. The van der Waals surface area contributed by atoms with Crippen molar-refractivity contribution in [1.82, 2.24) is 4.72 Å². The summed E-state index contributed by atoms with van der Waals surface area (Å²) >= 11 is 0. The van der Waals surface area contributed by atoms with Gasteiger partial charge in [0.2, 0.25) is 10.0 Å². The van der Waals surface area contributed by atoms with Crippen LogP contribution in [0.3, 0.4) is 0 Å². The lowest BCUT2D eigenvalue weighted by molar-refractivity contribution is 0.0697. The van der Waals surface area contributed by atoms with Crippen LogP contribution in [0.25, 0.3) is 0 Å². The molecule has 3 rings (SSSR count). The minimum atomic E-state index is -3.75. The van der Waals surface area contributed by atoms with Gasteiger partial charge in [0, 0.05) is 18.3 Å². The Bertz CT molecular complexity index is 921. The number of aromatic carboxylic acids is 1. The van der Waals surface area contributed by atoms with Crippen molar-refractivity contribution in [3.63, 3.8) is 0 Å². The highest BCUT2D eigenvalue weighted by atomic mass is 32.2. The molecule has 0 heterocycles. The van der Waals surface area contributed by atoms with Gasteiger partial charge in [0.1, 0.15) is 0 Å². The van der Waals surface area contributed by atoms with Crippen LogP contribution in [0, 0.1) is 0 Å². The maximum absolute atomic E-state index is 12.8. The first-order valence-electron chi connectivity index (χ1n) is 10.1. The Hall–Kier alpha value is -2.38. The van der Waals surface area contributed by atoms with E-state index in [2.05, 4.69) is 10.0 Å². The molecular formula is C22H28N2O4S. The summed E-state index contributed by atoms with van der Waals surface area (Å²) in [6.45, 7) is 0.552. The fourth-order valence-corrected chi connectivity index (χ4v) is 5.02. The zero-order valence-corrected chi connectivity index (χ0v) is 17.2. The third-order valence-electron chi connectivity index (χ3n) is 5.28. The molecule has 0 aliphatic heterocycles. The molecule has 0 bridgehead atoms. The number of rotatable bonds is 8. The van der Waals surface area contributed by atoms with Gasteiger partial charge in [0.25, 0.3) is 0 Å². The molecule has 3 N–H and O–H groups in total. The molecule has 0 amide bonds. The molecule has 6 nitrogen and oxygen atoms in total. The maximum Gasteiger partial charge on any atom is 0.337 e. The van der Waals surface area contributed by atoms with Crippen molar-refractivity contribution < 1.29 is 18.3 Å². The molecule has 1 fully saturated rings. The third-order valence-corrected chi connectivity index (χ3v) is 6.80. The van der Waals surface area contributed by atoms with Gasteiger partial charge in [-0.2, -0.15) is 0 Å². The normalized spacial score (nSPS) is 15.6. The van der Waals surface area contributed by atoms with Gasteiger partial charge >= 0.3 is 5.97 Å². The molecule has 0 atom stereocenters. The molecule has 29 heavy (non-hydrogen) atoms. The van der Waals surface area contributed by atoms with Crippen LogP contribution in [0.5, 0.6) is 0 Å². The quantitative estimate of drug-likeness (QED) is 0.565. The fraction of sp³-hybridized carbons (Fsp3) is 0.409. The molecule has 0 aromatic heterocycles. The van der Waals surface area contributed by atoms with Crippen molar-refractivity contribution >= 4 is 21.7 Å². The monoisotopic (exact) mass is 416 g/mol. The second kappa shape index (κ2) is 9.89. The molecule has 156 valence electrons. The van der Waals surface area contributed by atoms with Gasteiger partial charge in [-0.3, -0.25) is 0 Å². The highest BCUT2D eigenvalue weighted by molar-refractivity contribution is 7.89. The Morgan fingerprint density at radius 2 is 1.69 bits per heavy atom. The van der Waals surface area contributed by atoms with E-state index < -0.39 is 16.0 Å². The Morgan fingerprint density at radius 1 is 1.00 bits per heavy atom. The lowest BCUT2D eigenvalue weighted by atomic mass is 10.1. The number of carbonyl (C=O) groups is 1. The summed E-state index contributed by atoms with van der Waals surface area (Å²) in [6, 6.07) is 14.0. The van der Waals surface area contributed by atoms with Gasteiger partial charge in [0.15, 0.2) is 0 Å². The topological polar surface area (TPSA) is 95.5 Å². The van der Waals surface area contributed by atoms with E-state index in [9.17, 15) is 18.3 Å². The summed E-state index contributed by atoms with van der Waals surface area (Å²) in [4.78, 5) is 11.7. The molecule has 0 spiro atoms. The molecule has 0 saturated heterocycles. The molecule has 7 heteroatoms.